The van der Waals surface area contributed by atoms with Crippen LogP contribution in [0.5, 0.6) is 0 Å². The van der Waals surface area contributed by atoms with Crippen LogP contribution in [0.25, 0.3) is 0 Å². The zero-order chi connectivity index (χ0) is 8.01. The minimum absolute atomic E-state index is 0.101. The summed E-state index contributed by atoms with van der Waals surface area (Å²) in [5.74, 6) is 0. The number of halogens is 1. The molecule has 3 unspecified atom stereocenters. The first-order chi connectivity index (χ1) is 5.18. The van der Waals surface area contributed by atoms with Crippen molar-refractivity contribution in [1.82, 2.24) is 10.2 Å². The van der Waals surface area contributed by atoms with Crippen LogP contribution >= 0.6 is 11.6 Å². The minimum atomic E-state index is -0.792. The fourth-order valence-electron chi connectivity index (χ4n) is 1.43. The summed E-state index contributed by atoms with van der Waals surface area (Å²) in [4.78, 5) is 1.64. The van der Waals surface area contributed by atoms with Gasteiger partial charge in [-0.05, 0) is 6.08 Å². The second kappa shape index (κ2) is 2.35. The molecule has 0 bridgehead atoms. The molecule has 0 amide bonds. The molecule has 0 spiro atoms. The van der Waals surface area contributed by atoms with Crippen LogP contribution in [0.2, 0.25) is 0 Å². The fourth-order valence-corrected chi connectivity index (χ4v) is 1.71. The number of rotatable bonds is 0. The number of aliphatic hydroxyl groups is 2. The van der Waals surface area contributed by atoms with Gasteiger partial charge in [0.05, 0.1) is 11.1 Å². The van der Waals surface area contributed by atoms with E-state index in [1.165, 1.54) is 0 Å². The van der Waals surface area contributed by atoms with E-state index in [1.54, 1.807) is 11.0 Å². The number of fused-ring (bicyclic) bond motifs is 1. The predicted octanol–water partition coefficient (Wildman–Crippen LogP) is -1.01. The zero-order valence-corrected chi connectivity index (χ0v) is 6.49. The molecule has 2 rings (SSSR count). The van der Waals surface area contributed by atoms with E-state index in [-0.39, 0.29) is 5.38 Å². The molecular formula is C6H9ClN2O2. The molecule has 0 aromatic heterocycles. The molecule has 0 aliphatic carbocycles. The van der Waals surface area contributed by atoms with Crippen molar-refractivity contribution in [3.8, 4) is 0 Å². The number of aliphatic hydroxyl groups excluding tert-OH is 2. The molecular weight excluding hydrogens is 168 g/mol. The van der Waals surface area contributed by atoms with Gasteiger partial charge in [0, 0.05) is 6.54 Å². The molecule has 1 fully saturated rings. The van der Waals surface area contributed by atoms with Crippen molar-refractivity contribution in [2.24, 2.45) is 0 Å². The molecule has 4 nitrogen and oxygen atoms in total. The second-order valence-electron chi connectivity index (χ2n) is 2.70. The molecule has 0 saturated carbocycles. The van der Waals surface area contributed by atoms with Gasteiger partial charge in [-0.25, -0.2) is 5.32 Å². The quantitative estimate of drug-likeness (QED) is 0.414. The van der Waals surface area contributed by atoms with E-state index in [0.29, 0.717) is 12.2 Å². The van der Waals surface area contributed by atoms with Gasteiger partial charge in [0.25, 0.3) is 0 Å². The maximum Gasteiger partial charge on any atom is 0.186 e. The number of nitrogens with one attached hydrogen (secondary N) is 1. The molecule has 2 aliphatic heterocycles. The highest BCUT2D eigenvalue weighted by Crippen LogP contribution is 2.26. The van der Waals surface area contributed by atoms with Gasteiger partial charge < -0.3 is 15.1 Å². The molecule has 0 radical (unpaired) electrons. The van der Waals surface area contributed by atoms with Crippen LogP contribution in [0.4, 0.5) is 0 Å². The van der Waals surface area contributed by atoms with Gasteiger partial charge in [-0.15, -0.1) is 11.6 Å². The van der Waals surface area contributed by atoms with Crippen molar-refractivity contribution in [3.05, 3.63) is 11.8 Å². The highest BCUT2D eigenvalue weighted by atomic mass is 35.5. The van der Waals surface area contributed by atoms with Gasteiger partial charge in [0.15, 0.2) is 6.35 Å². The highest BCUT2D eigenvalue weighted by Gasteiger charge is 2.37. The Balaban J connectivity index is 2.23. The summed E-state index contributed by atoms with van der Waals surface area (Å²) in [5.41, 5.74) is 0.678. The van der Waals surface area contributed by atoms with Gasteiger partial charge >= 0.3 is 0 Å². The normalized spacial score (nSPS) is 42.6. The Morgan fingerprint density at radius 2 is 2.36 bits per heavy atom. The topological polar surface area (TPSA) is 55.7 Å². The van der Waals surface area contributed by atoms with Crippen LogP contribution in [0.15, 0.2) is 11.8 Å². The Kier molecular flexibility index (Phi) is 1.57. The molecule has 62 valence electrons. The first kappa shape index (κ1) is 7.36. The Morgan fingerprint density at radius 3 is 3.00 bits per heavy atom. The lowest BCUT2D eigenvalue weighted by Crippen LogP contribution is -2.37. The molecule has 0 aromatic carbocycles. The third-order valence-electron chi connectivity index (χ3n) is 1.94. The van der Waals surface area contributed by atoms with Crippen LogP contribution in [-0.2, 0) is 0 Å². The van der Waals surface area contributed by atoms with Crippen molar-refractivity contribution in [2.75, 3.05) is 6.54 Å². The van der Waals surface area contributed by atoms with E-state index in [1.807, 2.05) is 0 Å². The second-order valence-corrected chi connectivity index (χ2v) is 3.26. The average molecular weight is 177 g/mol. The molecule has 1 saturated heterocycles. The molecule has 11 heavy (non-hydrogen) atoms. The van der Waals surface area contributed by atoms with Crippen LogP contribution in [0.3, 0.4) is 0 Å². The van der Waals surface area contributed by atoms with E-state index < -0.39 is 12.6 Å². The van der Waals surface area contributed by atoms with E-state index >= 15 is 0 Å². The lowest BCUT2D eigenvalue weighted by atomic mass is 10.4. The lowest BCUT2D eigenvalue weighted by molar-refractivity contribution is 0.0289. The third-order valence-corrected chi connectivity index (χ3v) is 2.20. The minimum Gasteiger partial charge on any atom is -0.373 e. The summed E-state index contributed by atoms with van der Waals surface area (Å²) < 4.78 is 0. The highest BCUT2D eigenvalue weighted by molar-refractivity contribution is 6.22. The zero-order valence-electron chi connectivity index (χ0n) is 5.74. The largest absolute Gasteiger partial charge is 0.373 e. The standard InChI is InChI=1S/C6H9ClN2O2/c7-3-1-4-5(10)8-6(11)9(4)2-3/h1,3,5-6,8,10-11H,2H2. The maximum atomic E-state index is 9.25. The molecule has 3 atom stereocenters. The third kappa shape index (κ3) is 1.03. The SMILES string of the molecule is OC1NC(O)N2CC(Cl)C=C12. The van der Waals surface area contributed by atoms with Crippen molar-refractivity contribution in [2.45, 2.75) is 18.0 Å². The summed E-state index contributed by atoms with van der Waals surface area (Å²) in [6.07, 6.45) is 0.184. The van der Waals surface area contributed by atoms with Crippen LogP contribution in [0, 0.1) is 0 Å². The molecule has 5 heteroatoms. The summed E-state index contributed by atoms with van der Waals surface area (Å²) in [6.45, 7) is 0.558. The average Bonchev–Trinajstić information content (AvgIpc) is 2.38. The van der Waals surface area contributed by atoms with Gasteiger partial charge in [-0.3, -0.25) is 0 Å². The number of hydrogen-bond acceptors (Lipinski definition) is 4. The molecule has 2 aliphatic rings. The summed E-state index contributed by atoms with van der Waals surface area (Å²) in [5, 5.41) is 20.9. The van der Waals surface area contributed by atoms with E-state index in [9.17, 15) is 10.2 Å². The Morgan fingerprint density at radius 1 is 1.64 bits per heavy atom. The van der Waals surface area contributed by atoms with E-state index in [0.717, 1.165) is 0 Å². The molecule has 0 aromatic rings. The smallest absolute Gasteiger partial charge is 0.186 e. The van der Waals surface area contributed by atoms with Gasteiger partial charge in [-0.1, -0.05) is 0 Å². The lowest BCUT2D eigenvalue weighted by Gasteiger charge is -2.17. The van der Waals surface area contributed by atoms with Crippen molar-refractivity contribution in [1.29, 1.82) is 0 Å². The number of hydrogen-bond donors (Lipinski definition) is 3. The molecule has 3 N–H and O–H groups in total. The van der Waals surface area contributed by atoms with E-state index in [4.69, 9.17) is 11.6 Å². The summed E-state index contributed by atoms with van der Waals surface area (Å²) >= 11 is 5.78. The first-order valence-electron chi connectivity index (χ1n) is 3.43. The summed E-state index contributed by atoms with van der Waals surface area (Å²) in [7, 11) is 0. The van der Waals surface area contributed by atoms with Gasteiger partial charge in [0.2, 0.25) is 0 Å². The first-order valence-corrected chi connectivity index (χ1v) is 3.87. The number of alkyl halides is 1. The maximum absolute atomic E-state index is 9.25. The van der Waals surface area contributed by atoms with Crippen molar-refractivity contribution in [3.63, 3.8) is 0 Å². The van der Waals surface area contributed by atoms with Crippen LogP contribution in [0.1, 0.15) is 0 Å². The Hall–Kier alpha value is -0.290. The Labute approximate surface area is 69.1 Å². The summed E-state index contributed by atoms with van der Waals surface area (Å²) in [6, 6.07) is 0. The fraction of sp³-hybridized carbons (Fsp3) is 0.667. The van der Waals surface area contributed by atoms with Crippen molar-refractivity contribution < 1.29 is 10.2 Å². The van der Waals surface area contributed by atoms with Crippen molar-refractivity contribution >= 4 is 11.6 Å². The van der Waals surface area contributed by atoms with Gasteiger partial charge in [-0.2, -0.15) is 0 Å². The number of nitrogens with zero attached hydrogens (tertiary/aromatic N) is 1. The monoisotopic (exact) mass is 176 g/mol. The van der Waals surface area contributed by atoms with E-state index in [2.05, 4.69) is 5.32 Å². The van der Waals surface area contributed by atoms with Gasteiger partial charge in [0.1, 0.15) is 6.23 Å². The molecule has 2 heterocycles. The van der Waals surface area contributed by atoms with Crippen LogP contribution in [-0.4, -0.2) is 39.6 Å². The predicted molar refractivity (Wildman–Crippen MR) is 39.6 cm³/mol. The van der Waals surface area contributed by atoms with Crippen LogP contribution < -0.4 is 5.32 Å². The Bertz CT molecular complexity index is 209.